The average Bonchev–Trinajstić information content (AvgIpc) is 2.30. The molecule has 0 aliphatic carbocycles. The molecule has 0 atom stereocenters. The third-order valence-corrected chi connectivity index (χ3v) is 1.60. The van der Waals surface area contributed by atoms with Crippen LogP contribution in [0.3, 0.4) is 0 Å². The molecule has 0 saturated heterocycles. The number of nitrogen functional groups attached to an aromatic ring is 1. The fourth-order valence-corrected chi connectivity index (χ4v) is 1.05. The van der Waals surface area contributed by atoms with Gasteiger partial charge in [-0.25, -0.2) is 4.68 Å². The van der Waals surface area contributed by atoms with Crippen LogP contribution < -0.4 is 11.1 Å². The number of hydrogen-bond donors (Lipinski definition) is 2. The SMILES string of the molecule is CCNc1nc(N)n(C(C)(C)C)n1. The molecule has 74 valence electrons. The second-order valence-electron chi connectivity index (χ2n) is 3.91. The molecule has 0 amide bonds. The molecule has 1 heterocycles. The van der Waals surface area contributed by atoms with Crippen LogP contribution in [0.1, 0.15) is 27.7 Å². The van der Waals surface area contributed by atoms with Gasteiger partial charge in [0.15, 0.2) is 0 Å². The second-order valence-corrected chi connectivity index (χ2v) is 3.91. The number of nitrogens with zero attached hydrogens (tertiary/aromatic N) is 3. The van der Waals surface area contributed by atoms with Crippen molar-refractivity contribution < 1.29 is 0 Å². The minimum atomic E-state index is -0.120. The lowest BCUT2D eigenvalue weighted by Gasteiger charge is -2.19. The molecule has 0 bridgehead atoms. The van der Waals surface area contributed by atoms with Crippen LogP contribution in [0.15, 0.2) is 0 Å². The highest BCUT2D eigenvalue weighted by Crippen LogP contribution is 2.17. The Morgan fingerprint density at radius 2 is 2.08 bits per heavy atom. The average molecular weight is 183 g/mol. The zero-order chi connectivity index (χ0) is 10.1. The molecule has 0 spiro atoms. The van der Waals surface area contributed by atoms with Crippen molar-refractivity contribution in [2.45, 2.75) is 33.2 Å². The molecule has 0 aromatic carbocycles. The van der Waals surface area contributed by atoms with E-state index in [1.54, 1.807) is 4.68 Å². The van der Waals surface area contributed by atoms with Crippen molar-refractivity contribution in [2.24, 2.45) is 0 Å². The molecule has 1 rings (SSSR count). The van der Waals surface area contributed by atoms with Crippen LogP contribution >= 0.6 is 0 Å². The minimum Gasteiger partial charge on any atom is -0.368 e. The second kappa shape index (κ2) is 3.24. The summed E-state index contributed by atoms with van der Waals surface area (Å²) in [6.45, 7) is 8.90. The lowest BCUT2D eigenvalue weighted by atomic mass is 10.1. The van der Waals surface area contributed by atoms with Crippen molar-refractivity contribution in [1.29, 1.82) is 0 Å². The first-order valence-corrected chi connectivity index (χ1v) is 4.42. The Balaban J connectivity index is 2.96. The molecule has 5 nitrogen and oxygen atoms in total. The van der Waals surface area contributed by atoms with Crippen molar-refractivity contribution in [3.63, 3.8) is 0 Å². The summed E-state index contributed by atoms with van der Waals surface area (Å²) < 4.78 is 1.71. The summed E-state index contributed by atoms with van der Waals surface area (Å²) in [5, 5.41) is 7.26. The first-order valence-electron chi connectivity index (χ1n) is 4.42. The molecule has 0 saturated carbocycles. The fraction of sp³-hybridized carbons (Fsp3) is 0.750. The van der Waals surface area contributed by atoms with E-state index in [2.05, 4.69) is 15.4 Å². The van der Waals surface area contributed by atoms with Crippen LogP contribution in [-0.2, 0) is 5.54 Å². The van der Waals surface area contributed by atoms with Gasteiger partial charge in [-0.1, -0.05) is 0 Å². The maximum absolute atomic E-state index is 5.71. The third kappa shape index (κ3) is 2.11. The topological polar surface area (TPSA) is 68.8 Å². The van der Waals surface area contributed by atoms with E-state index in [1.807, 2.05) is 27.7 Å². The van der Waals surface area contributed by atoms with Gasteiger partial charge >= 0.3 is 0 Å². The Kier molecular flexibility index (Phi) is 2.45. The molecule has 0 unspecified atom stereocenters. The first kappa shape index (κ1) is 9.83. The maximum Gasteiger partial charge on any atom is 0.243 e. The summed E-state index contributed by atoms with van der Waals surface area (Å²) >= 11 is 0. The van der Waals surface area contributed by atoms with Crippen molar-refractivity contribution in [1.82, 2.24) is 14.8 Å². The van der Waals surface area contributed by atoms with E-state index in [0.29, 0.717) is 11.9 Å². The number of rotatable bonds is 2. The Hall–Kier alpha value is -1.26. The van der Waals surface area contributed by atoms with Gasteiger partial charge in [0.25, 0.3) is 0 Å². The summed E-state index contributed by atoms with van der Waals surface area (Å²) in [5.41, 5.74) is 5.59. The Labute approximate surface area is 78.3 Å². The number of nitrogens with one attached hydrogen (secondary N) is 1. The normalized spacial score (nSPS) is 11.7. The highest BCUT2D eigenvalue weighted by atomic mass is 15.4. The maximum atomic E-state index is 5.71. The zero-order valence-corrected chi connectivity index (χ0v) is 8.63. The van der Waals surface area contributed by atoms with Crippen LogP contribution in [0.2, 0.25) is 0 Å². The Morgan fingerprint density at radius 1 is 1.46 bits per heavy atom. The van der Waals surface area contributed by atoms with Crippen LogP contribution in [0.5, 0.6) is 0 Å². The molecule has 1 aromatic rings. The standard InChI is InChI=1S/C8H17N5/c1-5-10-7-11-6(9)13(12-7)8(2,3)4/h5H2,1-4H3,(H3,9,10,11,12). The van der Waals surface area contributed by atoms with E-state index in [4.69, 9.17) is 5.73 Å². The number of hydrogen-bond acceptors (Lipinski definition) is 4. The molecule has 0 aliphatic rings. The molecule has 0 aliphatic heterocycles. The molecule has 3 N–H and O–H groups in total. The highest BCUT2D eigenvalue weighted by molar-refractivity contribution is 5.31. The molecule has 0 fully saturated rings. The summed E-state index contributed by atoms with van der Waals surface area (Å²) in [6.07, 6.45) is 0. The Bertz CT molecular complexity index is 283. The lowest BCUT2D eigenvalue weighted by molar-refractivity contribution is 0.362. The Morgan fingerprint density at radius 3 is 2.46 bits per heavy atom. The lowest BCUT2D eigenvalue weighted by Crippen LogP contribution is -2.24. The highest BCUT2D eigenvalue weighted by Gasteiger charge is 2.18. The van der Waals surface area contributed by atoms with E-state index in [1.165, 1.54) is 0 Å². The largest absolute Gasteiger partial charge is 0.368 e. The smallest absolute Gasteiger partial charge is 0.243 e. The van der Waals surface area contributed by atoms with E-state index < -0.39 is 0 Å². The van der Waals surface area contributed by atoms with Gasteiger partial charge in [-0.05, 0) is 27.7 Å². The van der Waals surface area contributed by atoms with Gasteiger partial charge in [0, 0.05) is 6.54 Å². The van der Waals surface area contributed by atoms with Gasteiger partial charge in [0.1, 0.15) is 0 Å². The summed E-state index contributed by atoms with van der Waals surface area (Å²) in [7, 11) is 0. The predicted octanol–water partition coefficient (Wildman–Crippen LogP) is 1.05. The fourth-order valence-electron chi connectivity index (χ4n) is 1.05. The van der Waals surface area contributed by atoms with Gasteiger partial charge in [0.05, 0.1) is 5.54 Å². The van der Waals surface area contributed by atoms with Crippen LogP contribution in [-0.4, -0.2) is 21.3 Å². The van der Waals surface area contributed by atoms with Gasteiger partial charge in [-0.2, -0.15) is 4.98 Å². The van der Waals surface area contributed by atoms with Crippen molar-refractivity contribution in [3.8, 4) is 0 Å². The van der Waals surface area contributed by atoms with E-state index in [0.717, 1.165) is 6.54 Å². The molecular formula is C8H17N5. The summed E-state index contributed by atoms with van der Waals surface area (Å²) in [5.74, 6) is 1.04. The zero-order valence-electron chi connectivity index (χ0n) is 8.63. The number of aromatic nitrogens is 3. The van der Waals surface area contributed by atoms with E-state index >= 15 is 0 Å². The minimum absolute atomic E-state index is 0.120. The van der Waals surface area contributed by atoms with Crippen LogP contribution in [0.4, 0.5) is 11.9 Å². The van der Waals surface area contributed by atoms with E-state index in [9.17, 15) is 0 Å². The molecule has 1 aromatic heterocycles. The molecular weight excluding hydrogens is 166 g/mol. The van der Waals surface area contributed by atoms with Crippen molar-refractivity contribution in [2.75, 3.05) is 17.6 Å². The predicted molar refractivity (Wildman–Crippen MR) is 53.6 cm³/mol. The van der Waals surface area contributed by atoms with Gasteiger partial charge < -0.3 is 11.1 Å². The summed E-state index contributed by atoms with van der Waals surface area (Å²) in [4.78, 5) is 4.09. The molecule has 0 radical (unpaired) electrons. The van der Waals surface area contributed by atoms with Gasteiger partial charge in [0.2, 0.25) is 11.9 Å². The quantitative estimate of drug-likeness (QED) is 0.719. The van der Waals surface area contributed by atoms with E-state index in [-0.39, 0.29) is 5.54 Å². The van der Waals surface area contributed by atoms with Crippen molar-refractivity contribution >= 4 is 11.9 Å². The summed E-state index contributed by atoms with van der Waals surface area (Å²) in [6, 6.07) is 0. The van der Waals surface area contributed by atoms with Crippen molar-refractivity contribution in [3.05, 3.63) is 0 Å². The van der Waals surface area contributed by atoms with Crippen LogP contribution in [0.25, 0.3) is 0 Å². The molecule has 13 heavy (non-hydrogen) atoms. The number of nitrogens with two attached hydrogens (primary N) is 1. The monoisotopic (exact) mass is 183 g/mol. The third-order valence-electron chi connectivity index (χ3n) is 1.60. The van der Waals surface area contributed by atoms with Crippen LogP contribution in [0, 0.1) is 0 Å². The van der Waals surface area contributed by atoms with Gasteiger partial charge in [-0.3, -0.25) is 0 Å². The number of anilines is 2. The molecule has 5 heteroatoms. The first-order chi connectivity index (χ1) is 5.95. The van der Waals surface area contributed by atoms with Gasteiger partial charge in [-0.15, -0.1) is 5.10 Å².